The third-order valence-electron chi connectivity index (χ3n) is 4.51. The van der Waals surface area contributed by atoms with Gasteiger partial charge in [0.1, 0.15) is 12.4 Å². The Morgan fingerprint density at radius 1 is 1.03 bits per heavy atom. The predicted molar refractivity (Wildman–Crippen MR) is 121 cm³/mol. The number of non-ortho nitro benzene ring substituents is 1. The molecule has 0 aromatic heterocycles. The molecule has 0 fully saturated rings. The molecule has 0 spiro atoms. The Hall–Kier alpha value is -3.68. The lowest BCUT2D eigenvalue weighted by atomic mass is 10.2. The molecule has 0 saturated carbocycles. The zero-order valence-electron chi connectivity index (χ0n) is 16.3. The minimum absolute atomic E-state index is 0.0532. The second-order valence-electron chi connectivity index (χ2n) is 6.74. The van der Waals surface area contributed by atoms with Crippen LogP contribution in [0.25, 0.3) is 6.08 Å². The first-order valence-electron chi connectivity index (χ1n) is 9.33. The van der Waals surface area contributed by atoms with Crippen molar-refractivity contribution >= 4 is 46.8 Å². The maximum Gasteiger partial charge on any atom is 0.363 e. The fourth-order valence-electron chi connectivity index (χ4n) is 2.88. The van der Waals surface area contributed by atoms with Crippen LogP contribution in [0.1, 0.15) is 16.7 Å². The van der Waals surface area contributed by atoms with Crippen LogP contribution in [0.4, 0.5) is 5.69 Å². The number of aliphatic imine (C=N–C) groups is 1. The van der Waals surface area contributed by atoms with Gasteiger partial charge in [0.05, 0.1) is 15.5 Å². The van der Waals surface area contributed by atoms with E-state index in [1.807, 2.05) is 12.1 Å². The van der Waals surface area contributed by atoms with Crippen molar-refractivity contribution in [3.05, 3.63) is 109 Å². The van der Waals surface area contributed by atoms with Gasteiger partial charge in [0.2, 0.25) is 5.90 Å². The van der Waals surface area contributed by atoms with E-state index in [9.17, 15) is 14.9 Å². The highest BCUT2D eigenvalue weighted by Crippen LogP contribution is 2.27. The quantitative estimate of drug-likeness (QED) is 0.196. The largest absolute Gasteiger partial charge is 0.489 e. The molecule has 32 heavy (non-hydrogen) atoms. The number of rotatable bonds is 6. The van der Waals surface area contributed by atoms with Crippen molar-refractivity contribution in [1.82, 2.24) is 0 Å². The molecule has 9 heteroatoms. The van der Waals surface area contributed by atoms with Crippen LogP contribution in [0.5, 0.6) is 5.75 Å². The number of esters is 1. The molecule has 0 amide bonds. The van der Waals surface area contributed by atoms with Gasteiger partial charge in [0, 0.05) is 17.2 Å². The zero-order chi connectivity index (χ0) is 22.7. The molecule has 3 aromatic carbocycles. The fourth-order valence-corrected chi connectivity index (χ4v) is 3.20. The summed E-state index contributed by atoms with van der Waals surface area (Å²) < 4.78 is 10.9. The molecule has 3 aromatic rings. The molecular formula is C23H14Cl2N2O5. The zero-order valence-corrected chi connectivity index (χ0v) is 17.8. The second-order valence-corrected chi connectivity index (χ2v) is 7.59. The number of halogens is 2. The van der Waals surface area contributed by atoms with Gasteiger partial charge >= 0.3 is 5.97 Å². The number of nitro benzene ring substituents is 1. The van der Waals surface area contributed by atoms with Gasteiger partial charge < -0.3 is 9.47 Å². The van der Waals surface area contributed by atoms with Crippen LogP contribution < -0.4 is 4.74 Å². The first-order valence-corrected chi connectivity index (χ1v) is 10.1. The Morgan fingerprint density at radius 2 is 1.75 bits per heavy atom. The highest BCUT2D eigenvalue weighted by atomic mass is 35.5. The number of nitro groups is 1. The minimum Gasteiger partial charge on any atom is -0.489 e. The van der Waals surface area contributed by atoms with E-state index in [-0.39, 0.29) is 27.9 Å². The summed E-state index contributed by atoms with van der Waals surface area (Å²) in [5.74, 6) is -0.104. The third kappa shape index (κ3) is 4.96. The molecule has 1 heterocycles. The number of benzene rings is 3. The molecule has 7 nitrogen and oxygen atoms in total. The first kappa shape index (κ1) is 21.5. The van der Waals surface area contributed by atoms with Crippen molar-refractivity contribution in [2.75, 3.05) is 0 Å². The van der Waals surface area contributed by atoms with Gasteiger partial charge in [0.25, 0.3) is 5.69 Å². The molecule has 0 aliphatic carbocycles. The fraction of sp³-hybridized carbons (Fsp3) is 0.0435. The number of cyclic esters (lactones) is 1. The molecule has 0 N–H and O–H groups in total. The average molecular weight is 469 g/mol. The second kappa shape index (κ2) is 9.21. The summed E-state index contributed by atoms with van der Waals surface area (Å²) in [5.41, 5.74) is 1.72. The van der Waals surface area contributed by atoms with Crippen molar-refractivity contribution in [3.63, 3.8) is 0 Å². The monoisotopic (exact) mass is 468 g/mol. The first-order chi connectivity index (χ1) is 15.4. The van der Waals surface area contributed by atoms with E-state index in [0.29, 0.717) is 22.9 Å². The number of carbonyl (C=O) groups is 1. The Labute approximate surface area is 192 Å². The van der Waals surface area contributed by atoms with Gasteiger partial charge in [-0.05, 0) is 47.5 Å². The number of hydrogen-bond donors (Lipinski definition) is 0. The van der Waals surface area contributed by atoms with Crippen LogP contribution in [-0.4, -0.2) is 16.8 Å². The van der Waals surface area contributed by atoms with Crippen molar-refractivity contribution in [3.8, 4) is 5.75 Å². The van der Waals surface area contributed by atoms with E-state index in [1.165, 1.54) is 18.2 Å². The summed E-state index contributed by atoms with van der Waals surface area (Å²) in [6.45, 7) is 0.390. The van der Waals surface area contributed by atoms with Crippen LogP contribution >= 0.6 is 23.2 Å². The smallest absolute Gasteiger partial charge is 0.363 e. The van der Waals surface area contributed by atoms with Crippen LogP contribution in [0.15, 0.2) is 77.4 Å². The third-order valence-corrected chi connectivity index (χ3v) is 5.10. The summed E-state index contributed by atoms with van der Waals surface area (Å²) in [6.07, 6.45) is 1.55. The Bertz CT molecular complexity index is 1250. The molecule has 0 atom stereocenters. The summed E-state index contributed by atoms with van der Waals surface area (Å²) in [4.78, 5) is 26.8. The number of nitrogens with zero attached hydrogens (tertiary/aromatic N) is 2. The van der Waals surface area contributed by atoms with Crippen LogP contribution in [0.3, 0.4) is 0 Å². The highest BCUT2D eigenvalue weighted by molar-refractivity contribution is 6.34. The van der Waals surface area contributed by atoms with Crippen LogP contribution in [0, 0.1) is 10.1 Å². The predicted octanol–water partition coefficient (Wildman–Crippen LogP) is 5.83. The lowest BCUT2D eigenvalue weighted by molar-refractivity contribution is -0.384. The van der Waals surface area contributed by atoms with E-state index in [2.05, 4.69) is 4.99 Å². The van der Waals surface area contributed by atoms with Gasteiger partial charge in [-0.3, -0.25) is 10.1 Å². The van der Waals surface area contributed by atoms with Crippen molar-refractivity contribution in [2.45, 2.75) is 6.61 Å². The van der Waals surface area contributed by atoms with Gasteiger partial charge in [0.15, 0.2) is 5.70 Å². The van der Waals surface area contributed by atoms with E-state index in [4.69, 9.17) is 32.7 Å². The van der Waals surface area contributed by atoms with Gasteiger partial charge in [-0.2, -0.15) is 0 Å². The number of carbonyl (C=O) groups excluding carboxylic acids is 1. The van der Waals surface area contributed by atoms with Crippen molar-refractivity contribution < 1.29 is 19.2 Å². The molecule has 0 bridgehead atoms. The van der Waals surface area contributed by atoms with Gasteiger partial charge in [-0.15, -0.1) is 0 Å². The molecular weight excluding hydrogens is 455 g/mol. The SMILES string of the molecule is O=C1OC(c2cc([N+](=O)[O-])ccc2Cl)=N/C1=C\c1ccc(OCc2ccc(Cl)cc2)cc1. The highest BCUT2D eigenvalue weighted by Gasteiger charge is 2.27. The number of hydrogen-bond acceptors (Lipinski definition) is 6. The van der Waals surface area contributed by atoms with Gasteiger partial charge in [-0.25, -0.2) is 9.79 Å². The summed E-state index contributed by atoms with van der Waals surface area (Å²) in [7, 11) is 0. The van der Waals surface area contributed by atoms with E-state index in [1.54, 1.807) is 42.5 Å². The Morgan fingerprint density at radius 3 is 2.44 bits per heavy atom. The standard InChI is InChI=1S/C23H14Cl2N2O5/c24-16-5-1-15(2-6-16)13-31-18-8-3-14(4-9-18)11-21-23(28)32-22(26-21)19-12-17(27(29)30)7-10-20(19)25/h1-12H,13H2/b21-11-. The summed E-state index contributed by atoms with van der Waals surface area (Å²) in [5, 5.41) is 11.9. The minimum atomic E-state index is -0.675. The molecule has 4 rings (SSSR count). The van der Waals surface area contributed by atoms with E-state index < -0.39 is 10.9 Å². The lowest BCUT2D eigenvalue weighted by Crippen LogP contribution is -2.06. The molecule has 1 aliphatic rings. The van der Waals surface area contributed by atoms with Crippen molar-refractivity contribution in [1.29, 1.82) is 0 Å². The molecule has 0 saturated heterocycles. The average Bonchev–Trinajstić information content (AvgIpc) is 3.14. The number of ether oxygens (including phenoxy) is 2. The van der Waals surface area contributed by atoms with E-state index in [0.717, 1.165) is 5.56 Å². The molecule has 0 unspecified atom stereocenters. The lowest BCUT2D eigenvalue weighted by Gasteiger charge is -2.06. The van der Waals surface area contributed by atoms with Crippen molar-refractivity contribution in [2.24, 2.45) is 4.99 Å². The topological polar surface area (TPSA) is 91.0 Å². The normalized spacial score (nSPS) is 14.2. The Balaban J connectivity index is 1.49. The summed E-state index contributed by atoms with van der Waals surface area (Å²) >= 11 is 12.0. The maximum absolute atomic E-state index is 12.2. The summed E-state index contributed by atoms with van der Waals surface area (Å²) in [6, 6.07) is 18.3. The van der Waals surface area contributed by atoms with Crippen LogP contribution in [0.2, 0.25) is 10.0 Å². The van der Waals surface area contributed by atoms with E-state index >= 15 is 0 Å². The molecule has 160 valence electrons. The molecule has 0 radical (unpaired) electrons. The van der Waals surface area contributed by atoms with Crippen LogP contribution in [-0.2, 0) is 16.1 Å². The van der Waals surface area contributed by atoms with Gasteiger partial charge in [-0.1, -0.05) is 47.5 Å². The Kier molecular flexibility index (Phi) is 6.20. The maximum atomic E-state index is 12.2. The molecule has 1 aliphatic heterocycles.